The van der Waals surface area contributed by atoms with Gasteiger partial charge in [-0.2, -0.15) is 10.4 Å². The number of nitrogens with one attached hydrogen (secondary N) is 2. The van der Waals surface area contributed by atoms with Gasteiger partial charge < -0.3 is 29.7 Å². The molecule has 0 aliphatic carbocycles. The second-order valence-electron chi connectivity index (χ2n) is 18.2. The van der Waals surface area contributed by atoms with E-state index in [9.17, 15) is 38.0 Å². The molecule has 7 heterocycles. The van der Waals surface area contributed by atoms with E-state index in [1.807, 2.05) is 37.3 Å². The molecule has 0 radical (unpaired) electrons. The molecule has 5 aromatic rings. The first-order chi connectivity index (χ1) is 32.8. The van der Waals surface area contributed by atoms with Gasteiger partial charge in [0.25, 0.3) is 11.8 Å². The van der Waals surface area contributed by atoms with Crippen molar-refractivity contribution in [1.82, 2.24) is 39.9 Å². The van der Waals surface area contributed by atoms with Gasteiger partial charge in [0.15, 0.2) is 0 Å². The van der Waals surface area contributed by atoms with Gasteiger partial charge in [-0.25, -0.2) is 18.3 Å². The Hall–Kier alpha value is -7.26. The van der Waals surface area contributed by atoms with Crippen LogP contribution in [-0.2, 0) is 20.9 Å². The third-order valence-corrected chi connectivity index (χ3v) is 13.9. The molecule has 3 saturated heterocycles. The molecule has 4 aliphatic rings. The van der Waals surface area contributed by atoms with Gasteiger partial charge in [0.1, 0.15) is 35.3 Å². The highest BCUT2D eigenvalue weighted by Gasteiger charge is 2.41. The van der Waals surface area contributed by atoms with Gasteiger partial charge in [0.05, 0.1) is 41.2 Å². The molecule has 0 bridgehead atoms. The van der Waals surface area contributed by atoms with Crippen LogP contribution >= 0.6 is 0 Å². The number of nitrogens with zero attached hydrogens (tertiary/aromatic N) is 8. The van der Waals surface area contributed by atoms with Gasteiger partial charge in [0.2, 0.25) is 17.7 Å². The summed E-state index contributed by atoms with van der Waals surface area (Å²) in [6.45, 7) is 5.75. The summed E-state index contributed by atoms with van der Waals surface area (Å²) >= 11 is 0. The summed E-state index contributed by atoms with van der Waals surface area (Å²) in [5.41, 5.74) is 3.71. The van der Waals surface area contributed by atoms with Crippen molar-refractivity contribution in [1.29, 1.82) is 5.26 Å². The first kappa shape index (κ1) is 45.9. The van der Waals surface area contributed by atoms with Crippen molar-refractivity contribution < 1.29 is 37.5 Å². The average Bonchev–Trinajstić information content (AvgIpc) is 3.91. The minimum atomic E-state index is -0.966. The highest BCUT2D eigenvalue weighted by Crippen LogP contribution is 2.35. The maximum Gasteiger partial charge on any atom is 0.255 e. The number of halogens is 2. The lowest BCUT2D eigenvalue weighted by Crippen LogP contribution is -2.61. The predicted molar refractivity (Wildman–Crippen MR) is 245 cm³/mol. The van der Waals surface area contributed by atoms with Crippen LogP contribution in [0.3, 0.4) is 0 Å². The maximum atomic E-state index is 14.9. The van der Waals surface area contributed by atoms with E-state index in [1.165, 1.54) is 6.20 Å². The van der Waals surface area contributed by atoms with Crippen molar-refractivity contribution in [2.75, 3.05) is 57.8 Å². The van der Waals surface area contributed by atoms with Gasteiger partial charge in [-0.1, -0.05) is 12.1 Å². The van der Waals surface area contributed by atoms with Gasteiger partial charge >= 0.3 is 0 Å². The van der Waals surface area contributed by atoms with E-state index < -0.39 is 40.6 Å². The van der Waals surface area contributed by atoms with Crippen LogP contribution in [-0.4, -0.2) is 123 Å². The number of amides is 5. The van der Waals surface area contributed by atoms with E-state index in [0.29, 0.717) is 80.3 Å². The van der Waals surface area contributed by atoms with Crippen LogP contribution in [0.25, 0.3) is 16.6 Å². The Balaban J connectivity index is 0.825. The fourth-order valence-corrected chi connectivity index (χ4v) is 10.1. The number of piperidine rings is 3. The number of benzene rings is 2. The van der Waals surface area contributed by atoms with Gasteiger partial charge in [-0.3, -0.25) is 29.3 Å². The van der Waals surface area contributed by atoms with Crippen LogP contribution in [0, 0.1) is 23.0 Å². The smallest absolute Gasteiger partial charge is 0.255 e. The fourth-order valence-electron chi connectivity index (χ4n) is 10.1. The molecular weight excluding hydrogens is 875 g/mol. The molecule has 68 heavy (non-hydrogen) atoms. The van der Waals surface area contributed by atoms with Crippen LogP contribution in [0.15, 0.2) is 73.2 Å². The standard InChI is InChI=1S/C50H52F2N10O6/c1-3-68-37-24-38(46-35(25-53)27-55-62(46)29-37)33-6-10-43(54-26-33)60-20-15-50(16-21-60,57-47(65)40-23-36(51)7-8-41(40)52)30-58(2)45(64)14-19-59-17-12-31(13-18-59)32-4-5-34-28-61(49(67)39(34)22-32)42-9-11-44(63)56-48(42)66/h4-8,10,22-24,26-27,29,31,42H,3,9,11-21,28,30H2,1-2H3,(H,57,65)(H,56,63,66). The van der Waals surface area contributed by atoms with Crippen molar-refractivity contribution in [3.63, 3.8) is 0 Å². The largest absolute Gasteiger partial charge is 0.492 e. The number of carbonyl (C=O) groups is 5. The van der Waals surface area contributed by atoms with Crippen molar-refractivity contribution in [3.8, 4) is 22.9 Å². The monoisotopic (exact) mass is 926 g/mol. The molecule has 5 amide bonds. The highest BCUT2D eigenvalue weighted by molar-refractivity contribution is 6.05. The van der Waals surface area contributed by atoms with E-state index in [4.69, 9.17) is 9.72 Å². The molecule has 4 aliphatic heterocycles. The van der Waals surface area contributed by atoms with Crippen LogP contribution in [0.5, 0.6) is 5.75 Å². The zero-order valence-electron chi connectivity index (χ0n) is 38.0. The van der Waals surface area contributed by atoms with Crippen molar-refractivity contribution in [2.45, 2.75) is 75.9 Å². The summed E-state index contributed by atoms with van der Waals surface area (Å²) in [4.78, 5) is 77.4. The lowest BCUT2D eigenvalue weighted by atomic mass is 9.86. The summed E-state index contributed by atoms with van der Waals surface area (Å²) in [5, 5.41) is 19.5. The van der Waals surface area contributed by atoms with E-state index >= 15 is 0 Å². The Bertz CT molecular complexity index is 2830. The molecule has 2 aromatic carbocycles. The number of fused-ring (bicyclic) bond motifs is 2. The minimum Gasteiger partial charge on any atom is -0.492 e. The van der Waals surface area contributed by atoms with Crippen LogP contribution in [0.2, 0.25) is 0 Å². The zero-order chi connectivity index (χ0) is 47.7. The number of anilines is 1. The number of nitriles is 1. The molecule has 1 atom stereocenters. The lowest BCUT2D eigenvalue weighted by molar-refractivity contribution is -0.137. The highest BCUT2D eigenvalue weighted by atomic mass is 19.1. The molecule has 3 aromatic heterocycles. The van der Waals surface area contributed by atoms with Crippen molar-refractivity contribution >= 4 is 40.9 Å². The SMILES string of the molecule is CCOc1cc(-c2ccc(N3CCC(CN(C)C(=O)CCN4CCC(c5ccc6c(c5)C(=O)N(C5CCC(=O)NC5=O)C6)CC4)(NC(=O)c4cc(F)ccc4F)CC3)nc2)c2c(C#N)cnn2c1. The second-order valence-corrected chi connectivity index (χ2v) is 18.2. The number of hydrogen-bond donors (Lipinski definition) is 2. The summed E-state index contributed by atoms with van der Waals surface area (Å²) in [6.07, 6.45) is 8.17. The molecule has 3 fully saturated rings. The molecule has 1 unspecified atom stereocenters. The van der Waals surface area contributed by atoms with Gasteiger partial charge in [0, 0.05) is 75.5 Å². The van der Waals surface area contributed by atoms with Crippen molar-refractivity contribution in [3.05, 3.63) is 113 Å². The van der Waals surface area contributed by atoms with E-state index in [1.54, 1.807) is 33.8 Å². The third kappa shape index (κ3) is 9.35. The molecule has 9 rings (SSSR count). The number of likely N-dealkylation sites (tertiary alicyclic amines) is 1. The Labute approximate surface area is 391 Å². The summed E-state index contributed by atoms with van der Waals surface area (Å²) in [7, 11) is 1.70. The quantitative estimate of drug-likeness (QED) is 0.148. The molecule has 16 nitrogen and oxygen atoms in total. The Kier molecular flexibility index (Phi) is 12.9. The van der Waals surface area contributed by atoms with Crippen molar-refractivity contribution in [2.24, 2.45) is 0 Å². The molecular formula is C50H52F2N10O6. The Morgan fingerprint density at radius 1 is 0.985 bits per heavy atom. The summed E-state index contributed by atoms with van der Waals surface area (Å²) in [6, 6.07) is 15.9. The summed E-state index contributed by atoms with van der Waals surface area (Å²) < 4.78 is 36.5. The predicted octanol–water partition coefficient (Wildman–Crippen LogP) is 5.20. The summed E-state index contributed by atoms with van der Waals surface area (Å²) in [5.74, 6) is -1.91. The third-order valence-electron chi connectivity index (χ3n) is 13.9. The lowest BCUT2D eigenvalue weighted by Gasteiger charge is -2.44. The van der Waals surface area contributed by atoms with Crippen LogP contribution < -0.4 is 20.3 Å². The van der Waals surface area contributed by atoms with Crippen LogP contribution in [0.1, 0.15) is 95.2 Å². The first-order valence-electron chi connectivity index (χ1n) is 23.1. The number of ether oxygens (including phenoxy) is 1. The number of carbonyl (C=O) groups excluding carboxylic acids is 5. The topological polar surface area (TPSA) is 186 Å². The number of pyridine rings is 2. The first-order valence-corrected chi connectivity index (χ1v) is 23.1. The van der Waals surface area contributed by atoms with E-state index in [-0.39, 0.29) is 43.0 Å². The molecule has 352 valence electrons. The van der Waals surface area contributed by atoms with E-state index in [0.717, 1.165) is 66.4 Å². The van der Waals surface area contributed by atoms with Gasteiger partial charge in [-0.15, -0.1) is 0 Å². The normalized spacial score (nSPS) is 18.6. The minimum absolute atomic E-state index is 0.115. The molecule has 18 heteroatoms. The number of rotatable bonds is 13. The van der Waals surface area contributed by atoms with E-state index in [2.05, 4.69) is 37.7 Å². The molecule has 2 N–H and O–H groups in total. The fraction of sp³-hybridized carbons (Fsp3) is 0.400. The number of imide groups is 1. The van der Waals surface area contributed by atoms with Crippen LogP contribution in [0.4, 0.5) is 14.6 Å². The van der Waals surface area contributed by atoms with Gasteiger partial charge in [-0.05, 0) is 112 Å². The second kappa shape index (κ2) is 19.2. The number of hydrogen-bond acceptors (Lipinski definition) is 11. The Morgan fingerprint density at radius 2 is 1.78 bits per heavy atom. The molecule has 0 saturated carbocycles. The number of aromatic nitrogens is 3. The zero-order valence-corrected chi connectivity index (χ0v) is 38.0. The molecule has 0 spiro atoms. The average molecular weight is 927 g/mol. The number of likely N-dealkylation sites (N-methyl/N-ethyl adjacent to an activating group) is 1. The maximum absolute atomic E-state index is 14.9. The Morgan fingerprint density at radius 3 is 2.50 bits per heavy atom.